The number of carbonyl (C=O) groups excluding carboxylic acids is 1. The van der Waals surface area contributed by atoms with Crippen LogP contribution < -0.4 is 0 Å². The third-order valence-corrected chi connectivity index (χ3v) is 4.84. The summed E-state index contributed by atoms with van der Waals surface area (Å²) in [7, 11) is 3.54. The topological polar surface area (TPSA) is 49.0 Å². The third-order valence-electron chi connectivity index (χ3n) is 3.87. The van der Waals surface area contributed by atoms with Crippen molar-refractivity contribution < 1.29 is 4.79 Å². The number of imidazole rings is 1. The second-order valence-electron chi connectivity index (χ2n) is 5.99. The SMILES string of the molecule is CC(Sc1nc(-c2ccccc2)c(-c2ccccc2)[nH]1)C(=O)N(C)C. The lowest BCUT2D eigenvalue weighted by molar-refractivity contribution is -0.127. The van der Waals surface area contributed by atoms with Crippen molar-refractivity contribution in [3.05, 3.63) is 60.7 Å². The lowest BCUT2D eigenvalue weighted by Gasteiger charge is -2.14. The summed E-state index contributed by atoms with van der Waals surface area (Å²) in [5.41, 5.74) is 4.00. The summed E-state index contributed by atoms with van der Waals surface area (Å²) in [5, 5.41) is 0.550. The molecular weight excluding hydrogens is 330 g/mol. The van der Waals surface area contributed by atoms with Crippen molar-refractivity contribution in [2.75, 3.05) is 14.1 Å². The molecular formula is C20H21N3OS. The van der Waals surface area contributed by atoms with Crippen molar-refractivity contribution in [1.82, 2.24) is 14.9 Å². The number of hydrogen-bond acceptors (Lipinski definition) is 3. The van der Waals surface area contributed by atoms with Crippen molar-refractivity contribution in [3.8, 4) is 22.5 Å². The summed E-state index contributed by atoms with van der Waals surface area (Å²) in [5.74, 6) is 0.0731. The molecule has 1 unspecified atom stereocenters. The molecule has 0 radical (unpaired) electrons. The number of aromatic nitrogens is 2. The van der Waals surface area contributed by atoms with Gasteiger partial charge >= 0.3 is 0 Å². The highest BCUT2D eigenvalue weighted by Gasteiger charge is 2.20. The molecule has 128 valence electrons. The van der Waals surface area contributed by atoms with Crippen LogP contribution in [0, 0.1) is 0 Å². The Morgan fingerprint density at radius 2 is 1.56 bits per heavy atom. The molecule has 0 bridgehead atoms. The number of nitrogens with one attached hydrogen (secondary N) is 1. The Morgan fingerprint density at radius 3 is 2.12 bits per heavy atom. The van der Waals surface area contributed by atoms with Crippen LogP contribution >= 0.6 is 11.8 Å². The normalized spacial score (nSPS) is 12.0. The number of aromatic amines is 1. The Labute approximate surface area is 152 Å². The van der Waals surface area contributed by atoms with Crippen LogP contribution in [0.5, 0.6) is 0 Å². The van der Waals surface area contributed by atoms with Crippen molar-refractivity contribution in [3.63, 3.8) is 0 Å². The van der Waals surface area contributed by atoms with Gasteiger partial charge in [0.05, 0.1) is 16.6 Å². The van der Waals surface area contributed by atoms with Gasteiger partial charge in [-0.25, -0.2) is 4.98 Å². The molecule has 2 aromatic carbocycles. The largest absolute Gasteiger partial charge is 0.348 e. The molecule has 0 fully saturated rings. The monoisotopic (exact) mass is 351 g/mol. The van der Waals surface area contributed by atoms with E-state index in [2.05, 4.69) is 17.1 Å². The second-order valence-corrected chi connectivity index (χ2v) is 7.32. The molecule has 0 aliphatic rings. The smallest absolute Gasteiger partial charge is 0.235 e. The van der Waals surface area contributed by atoms with Gasteiger partial charge in [-0.3, -0.25) is 4.79 Å². The first-order valence-electron chi connectivity index (χ1n) is 8.15. The Bertz CT molecular complexity index is 787. The summed E-state index contributed by atoms with van der Waals surface area (Å²) in [6, 6.07) is 20.2. The quantitative estimate of drug-likeness (QED) is 0.697. The number of amides is 1. The summed E-state index contributed by atoms with van der Waals surface area (Å²) < 4.78 is 0. The van der Waals surface area contributed by atoms with Crippen LogP contribution in [0.15, 0.2) is 65.8 Å². The zero-order chi connectivity index (χ0) is 17.8. The fourth-order valence-electron chi connectivity index (χ4n) is 2.61. The number of nitrogens with zero attached hydrogens (tertiary/aromatic N) is 2. The van der Waals surface area contributed by atoms with Gasteiger partial charge < -0.3 is 9.88 Å². The van der Waals surface area contributed by atoms with Gasteiger partial charge in [-0.1, -0.05) is 72.4 Å². The fraction of sp³-hybridized carbons (Fsp3) is 0.200. The van der Waals surface area contributed by atoms with Gasteiger partial charge in [0.25, 0.3) is 0 Å². The molecule has 0 saturated carbocycles. The van der Waals surface area contributed by atoms with E-state index in [4.69, 9.17) is 4.98 Å². The summed E-state index contributed by atoms with van der Waals surface area (Å²) in [4.78, 5) is 21.9. The van der Waals surface area contributed by atoms with E-state index in [0.717, 1.165) is 27.7 Å². The highest BCUT2D eigenvalue weighted by Crippen LogP contribution is 2.33. The lowest BCUT2D eigenvalue weighted by atomic mass is 10.1. The average molecular weight is 351 g/mol. The number of hydrogen-bond donors (Lipinski definition) is 1. The molecule has 0 aliphatic carbocycles. The Balaban J connectivity index is 1.99. The van der Waals surface area contributed by atoms with Gasteiger partial charge in [-0.05, 0) is 6.92 Å². The standard InChI is InChI=1S/C20H21N3OS/c1-14(19(24)23(2)3)25-20-21-17(15-10-6-4-7-11-15)18(22-20)16-12-8-5-9-13-16/h4-14H,1-3H3,(H,21,22). The van der Waals surface area contributed by atoms with Crippen LogP contribution in [0.25, 0.3) is 22.5 Å². The van der Waals surface area contributed by atoms with E-state index in [-0.39, 0.29) is 11.2 Å². The van der Waals surface area contributed by atoms with Crippen molar-refractivity contribution in [2.24, 2.45) is 0 Å². The third kappa shape index (κ3) is 3.94. The number of rotatable bonds is 5. The molecule has 1 aromatic heterocycles. The van der Waals surface area contributed by atoms with Crippen molar-refractivity contribution in [1.29, 1.82) is 0 Å². The van der Waals surface area contributed by atoms with E-state index in [9.17, 15) is 4.79 Å². The maximum Gasteiger partial charge on any atom is 0.235 e. The first-order chi connectivity index (χ1) is 12.1. The summed E-state index contributed by atoms with van der Waals surface area (Å²) in [6.07, 6.45) is 0. The minimum absolute atomic E-state index is 0.0731. The summed E-state index contributed by atoms with van der Waals surface area (Å²) >= 11 is 1.45. The van der Waals surface area contributed by atoms with Gasteiger partial charge in [-0.2, -0.15) is 0 Å². The molecule has 1 N–H and O–H groups in total. The van der Waals surface area contributed by atoms with Gasteiger partial charge in [0, 0.05) is 25.2 Å². The van der Waals surface area contributed by atoms with E-state index in [1.165, 1.54) is 11.8 Å². The summed E-state index contributed by atoms with van der Waals surface area (Å²) in [6.45, 7) is 1.90. The van der Waals surface area contributed by atoms with Crippen molar-refractivity contribution in [2.45, 2.75) is 17.3 Å². The number of H-pyrrole nitrogens is 1. The molecule has 3 aromatic rings. The van der Waals surface area contributed by atoms with E-state index in [0.29, 0.717) is 0 Å². The number of thioether (sulfide) groups is 1. The average Bonchev–Trinajstić information content (AvgIpc) is 3.06. The maximum absolute atomic E-state index is 12.1. The first kappa shape index (κ1) is 17.3. The minimum Gasteiger partial charge on any atom is -0.348 e. The molecule has 3 rings (SSSR count). The second kappa shape index (κ2) is 7.57. The van der Waals surface area contributed by atoms with E-state index in [1.807, 2.05) is 55.5 Å². The van der Waals surface area contributed by atoms with Crippen LogP contribution in [0.4, 0.5) is 0 Å². The molecule has 0 aliphatic heterocycles. The molecule has 1 amide bonds. The number of carbonyl (C=O) groups is 1. The predicted octanol–water partition coefficient (Wildman–Crippen LogP) is 4.31. The molecule has 1 heterocycles. The highest BCUT2D eigenvalue weighted by molar-refractivity contribution is 8.00. The van der Waals surface area contributed by atoms with Gasteiger partial charge in [0.15, 0.2) is 5.16 Å². The Kier molecular flexibility index (Phi) is 5.24. The molecule has 1 atom stereocenters. The van der Waals surface area contributed by atoms with Crippen LogP contribution in [0.1, 0.15) is 6.92 Å². The fourth-order valence-corrected chi connectivity index (χ4v) is 3.56. The van der Waals surface area contributed by atoms with Crippen LogP contribution in [0.2, 0.25) is 0 Å². The predicted molar refractivity (Wildman–Crippen MR) is 103 cm³/mol. The Hall–Kier alpha value is -2.53. The van der Waals surface area contributed by atoms with Crippen molar-refractivity contribution >= 4 is 17.7 Å². The van der Waals surface area contributed by atoms with Gasteiger partial charge in [0.2, 0.25) is 5.91 Å². The molecule has 5 heteroatoms. The zero-order valence-electron chi connectivity index (χ0n) is 14.6. The molecule has 0 spiro atoms. The Morgan fingerprint density at radius 1 is 1.00 bits per heavy atom. The lowest BCUT2D eigenvalue weighted by Crippen LogP contribution is -2.29. The first-order valence-corrected chi connectivity index (χ1v) is 9.03. The molecule has 25 heavy (non-hydrogen) atoms. The van der Waals surface area contributed by atoms with Gasteiger partial charge in [0.1, 0.15) is 0 Å². The van der Waals surface area contributed by atoms with E-state index in [1.54, 1.807) is 19.0 Å². The van der Waals surface area contributed by atoms with E-state index >= 15 is 0 Å². The molecule has 4 nitrogen and oxygen atoms in total. The maximum atomic E-state index is 12.1. The zero-order valence-corrected chi connectivity index (χ0v) is 15.4. The number of benzene rings is 2. The van der Waals surface area contributed by atoms with Crippen LogP contribution in [0.3, 0.4) is 0 Å². The minimum atomic E-state index is -0.201. The van der Waals surface area contributed by atoms with Crippen LogP contribution in [-0.4, -0.2) is 40.1 Å². The van der Waals surface area contributed by atoms with E-state index < -0.39 is 0 Å². The van der Waals surface area contributed by atoms with Gasteiger partial charge in [-0.15, -0.1) is 0 Å². The highest BCUT2D eigenvalue weighted by atomic mass is 32.2. The molecule has 0 saturated heterocycles. The van der Waals surface area contributed by atoms with Crippen LogP contribution in [-0.2, 0) is 4.79 Å².